The zero-order chi connectivity index (χ0) is 19.1. The van der Waals surface area contributed by atoms with Gasteiger partial charge in [-0.2, -0.15) is 0 Å². The van der Waals surface area contributed by atoms with Crippen LogP contribution >= 0.6 is 0 Å². The summed E-state index contributed by atoms with van der Waals surface area (Å²) in [6, 6.07) is 14.1. The lowest BCUT2D eigenvalue weighted by molar-refractivity contribution is 0.250. The summed E-state index contributed by atoms with van der Waals surface area (Å²) in [5, 5.41) is 9.07. The molecule has 0 spiro atoms. The molecule has 0 unspecified atom stereocenters. The molecule has 2 aromatic rings. The summed E-state index contributed by atoms with van der Waals surface area (Å²) in [5.41, 5.74) is 5.28. The summed E-state index contributed by atoms with van der Waals surface area (Å²) < 4.78 is 0. The Bertz CT molecular complexity index is 721. The van der Waals surface area contributed by atoms with Crippen molar-refractivity contribution in [3.05, 3.63) is 48.0 Å². The van der Waals surface area contributed by atoms with E-state index in [4.69, 9.17) is 0 Å². The Morgan fingerprint density at radius 2 is 1.62 bits per heavy atom. The maximum atomic E-state index is 11.7. The van der Waals surface area contributed by atoms with Crippen LogP contribution in [0.15, 0.2) is 42.5 Å². The molecule has 2 amide bonds. The Morgan fingerprint density at radius 3 is 2.15 bits per heavy atom. The van der Waals surface area contributed by atoms with Crippen LogP contribution in [0.2, 0.25) is 0 Å². The molecule has 140 valence electrons. The number of nitrogens with one attached hydrogen (secondary N) is 3. The fourth-order valence-corrected chi connectivity index (χ4v) is 2.80. The third-order valence-electron chi connectivity index (χ3n) is 4.18. The van der Waals surface area contributed by atoms with E-state index < -0.39 is 0 Å². The van der Waals surface area contributed by atoms with Gasteiger partial charge in [-0.25, -0.2) is 4.79 Å². The quantitative estimate of drug-likeness (QED) is 0.647. The van der Waals surface area contributed by atoms with E-state index in [0.717, 1.165) is 30.2 Å². The fraction of sp³-hybridized carbons (Fsp3) is 0.381. The molecule has 0 aromatic heterocycles. The summed E-state index contributed by atoms with van der Waals surface area (Å²) in [5.74, 6) is 0. The monoisotopic (exact) mass is 354 g/mol. The van der Waals surface area contributed by atoms with Gasteiger partial charge in [0.2, 0.25) is 0 Å². The fourth-order valence-electron chi connectivity index (χ4n) is 2.80. The minimum Gasteiger partial charge on any atom is -0.372 e. The Morgan fingerprint density at radius 1 is 1.00 bits per heavy atom. The van der Waals surface area contributed by atoms with Crippen LogP contribution in [0.3, 0.4) is 0 Å². The summed E-state index contributed by atoms with van der Waals surface area (Å²) in [6.07, 6.45) is 0. The van der Waals surface area contributed by atoms with E-state index in [0.29, 0.717) is 0 Å². The van der Waals surface area contributed by atoms with Crippen molar-refractivity contribution >= 4 is 28.8 Å². The average molecular weight is 354 g/mol. The van der Waals surface area contributed by atoms with Gasteiger partial charge in [0.1, 0.15) is 0 Å². The first-order valence-corrected chi connectivity index (χ1v) is 9.23. The number of nitrogens with zero attached hydrogens (tertiary/aromatic N) is 1. The summed E-state index contributed by atoms with van der Waals surface area (Å²) in [6.45, 7) is 12.3. The van der Waals surface area contributed by atoms with Crippen LogP contribution in [-0.4, -0.2) is 25.2 Å². The van der Waals surface area contributed by atoms with Gasteiger partial charge in [0, 0.05) is 41.9 Å². The lowest BCUT2D eigenvalue weighted by Crippen LogP contribution is -2.34. The molecule has 0 heterocycles. The summed E-state index contributed by atoms with van der Waals surface area (Å²) in [7, 11) is 0. The molecule has 0 aliphatic carbocycles. The van der Waals surface area contributed by atoms with Crippen LogP contribution < -0.4 is 20.9 Å². The Balaban J connectivity index is 2.03. The highest BCUT2D eigenvalue weighted by atomic mass is 16.2. The zero-order valence-electron chi connectivity index (χ0n) is 16.4. The van der Waals surface area contributed by atoms with E-state index in [1.165, 1.54) is 11.3 Å². The first-order chi connectivity index (χ1) is 12.4. The number of rotatable bonds is 7. The van der Waals surface area contributed by atoms with Crippen LogP contribution in [0.4, 0.5) is 27.5 Å². The van der Waals surface area contributed by atoms with Gasteiger partial charge in [-0.3, -0.25) is 0 Å². The minimum absolute atomic E-state index is 0.109. The van der Waals surface area contributed by atoms with Crippen molar-refractivity contribution in [1.29, 1.82) is 0 Å². The number of urea groups is 1. The molecular weight excluding hydrogens is 324 g/mol. The maximum absolute atomic E-state index is 11.7. The van der Waals surface area contributed by atoms with Gasteiger partial charge < -0.3 is 20.9 Å². The van der Waals surface area contributed by atoms with Gasteiger partial charge in [0.05, 0.1) is 0 Å². The lowest BCUT2D eigenvalue weighted by atomic mass is 10.1. The SMILES string of the molecule is CCN(CC)c1ccc(Nc2ccc(NC(=O)NC(C)C)cc2)c(C)c1. The van der Waals surface area contributed by atoms with E-state index in [1.807, 2.05) is 38.1 Å². The number of carbonyl (C=O) groups excluding carboxylic acids is 1. The van der Waals surface area contributed by atoms with Gasteiger partial charge in [0.15, 0.2) is 0 Å². The van der Waals surface area contributed by atoms with E-state index in [9.17, 15) is 4.79 Å². The van der Waals surface area contributed by atoms with Crippen LogP contribution in [0, 0.1) is 6.92 Å². The average Bonchev–Trinajstić information content (AvgIpc) is 2.59. The van der Waals surface area contributed by atoms with E-state index in [1.54, 1.807) is 0 Å². The first kappa shape index (κ1) is 19.6. The number of amides is 2. The second-order valence-electron chi connectivity index (χ2n) is 6.63. The number of hydrogen-bond acceptors (Lipinski definition) is 3. The van der Waals surface area contributed by atoms with Crippen molar-refractivity contribution in [2.75, 3.05) is 28.6 Å². The molecule has 0 saturated carbocycles. The van der Waals surface area contributed by atoms with Crippen molar-refractivity contribution in [3.63, 3.8) is 0 Å². The third-order valence-corrected chi connectivity index (χ3v) is 4.18. The molecule has 0 atom stereocenters. The third kappa shape index (κ3) is 5.41. The predicted molar refractivity (Wildman–Crippen MR) is 112 cm³/mol. The van der Waals surface area contributed by atoms with Gasteiger partial charge in [-0.05, 0) is 82.6 Å². The highest BCUT2D eigenvalue weighted by molar-refractivity contribution is 5.89. The van der Waals surface area contributed by atoms with Crippen molar-refractivity contribution in [3.8, 4) is 0 Å². The summed E-state index contributed by atoms with van der Waals surface area (Å²) in [4.78, 5) is 14.1. The number of aryl methyl sites for hydroxylation is 1. The molecule has 0 aliphatic heterocycles. The van der Waals surface area contributed by atoms with Crippen LogP contribution in [0.5, 0.6) is 0 Å². The molecule has 2 rings (SSSR count). The van der Waals surface area contributed by atoms with Crippen LogP contribution in [0.25, 0.3) is 0 Å². The van der Waals surface area contributed by atoms with Gasteiger partial charge in [-0.1, -0.05) is 0 Å². The molecule has 5 heteroatoms. The molecule has 2 aromatic carbocycles. The predicted octanol–water partition coefficient (Wildman–Crippen LogP) is 5.11. The van der Waals surface area contributed by atoms with E-state index in [2.05, 4.69) is 59.8 Å². The summed E-state index contributed by atoms with van der Waals surface area (Å²) >= 11 is 0. The number of hydrogen-bond donors (Lipinski definition) is 3. The first-order valence-electron chi connectivity index (χ1n) is 9.23. The molecule has 5 nitrogen and oxygen atoms in total. The van der Waals surface area contributed by atoms with Crippen molar-refractivity contribution in [1.82, 2.24) is 5.32 Å². The van der Waals surface area contributed by atoms with Crippen LogP contribution in [0.1, 0.15) is 33.3 Å². The molecule has 0 saturated heterocycles. The molecule has 26 heavy (non-hydrogen) atoms. The minimum atomic E-state index is -0.191. The standard InChI is InChI=1S/C21H30N4O/c1-6-25(7-2)19-12-13-20(16(5)14-19)23-17-8-10-18(11-9-17)24-21(26)22-15(3)4/h8-15,23H,6-7H2,1-5H3,(H2,22,24,26). The number of benzene rings is 2. The largest absolute Gasteiger partial charge is 0.372 e. The highest BCUT2D eigenvalue weighted by Gasteiger charge is 2.06. The van der Waals surface area contributed by atoms with E-state index in [-0.39, 0.29) is 12.1 Å². The van der Waals surface area contributed by atoms with Crippen molar-refractivity contribution < 1.29 is 4.79 Å². The number of carbonyl (C=O) groups is 1. The zero-order valence-corrected chi connectivity index (χ0v) is 16.4. The normalized spacial score (nSPS) is 10.5. The number of anilines is 4. The van der Waals surface area contributed by atoms with Crippen molar-refractivity contribution in [2.45, 2.75) is 40.7 Å². The molecule has 3 N–H and O–H groups in total. The Hall–Kier alpha value is -2.69. The maximum Gasteiger partial charge on any atom is 0.319 e. The second-order valence-corrected chi connectivity index (χ2v) is 6.63. The molecule has 0 aliphatic rings. The smallest absolute Gasteiger partial charge is 0.319 e. The highest BCUT2D eigenvalue weighted by Crippen LogP contribution is 2.26. The van der Waals surface area contributed by atoms with Gasteiger partial charge in [0.25, 0.3) is 0 Å². The Kier molecular flexibility index (Phi) is 6.89. The second kappa shape index (κ2) is 9.13. The molecule has 0 radical (unpaired) electrons. The van der Waals surface area contributed by atoms with Gasteiger partial charge in [-0.15, -0.1) is 0 Å². The van der Waals surface area contributed by atoms with Crippen molar-refractivity contribution in [2.24, 2.45) is 0 Å². The van der Waals surface area contributed by atoms with Crippen LogP contribution in [-0.2, 0) is 0 Å². The molecule has 0 bridgehead atoms. The lowest BCUT2D eigenvalue weighted by Gasteiger charge is -2.22. The van der Waals surface area contributed by atoms with Gasteiger partial charge >= 0.3 is 6.03 Å². The Labute approximate surface area is 156 Å². The molecular formula is C21H30N4O. The topological polar surface area (TPSA) is 56.4 Å². The molecule has 0 fully saturated rings. The van der Waals surface area contributed by atoms with E-state index >= 15 is 0 Å².